The molecule has 0 radical (unpaired) electrons. The van der Waals surface area contributed by atoms with Crippen LogP contribution in [-0.4, -0.2) is 71.7 Å². The van der Waals surface area contributed by atoms with Gasteiger partial charge in [0.25, 0.3) is 5.91 Å². The molecule has 4 rings (SSSR count). The van der Waals surface area contributed by atoms with Crippen molar-refractivity contribution in [2.24, 2.45) is 9.98 Å². The molecule has 2 aromatic rings. The molecule has 0 saturated carbocycles. The number of carbonyl (C=O) groups is 3. The van der Waals surface area contributed by atoms with Gasteiger partial charge in [-0.2, -0.15) is 0 Å². The summed E-state index contributed by atoms with van der Waals surface area (Å²) in [6, 6.07) is 16.8. The van der Waals surface area contributed by atoms with Gasteiger partial charge in [-0.15, -0.1) is 0 Å². The summed E-state index contributed by atoms with van der Waals surface area (Å²) in [6.07, 6.45) is 2.53. The van der Waals surface area contributed by atoms with Crippen molar-refractivity contribution in [1.29, 1.82) is 0 Å². The number of carbonyl (C=O) groups excluding carboxylic acids is 3. The van der Waals surface area contributed by atoms with E-state index >= 15 is 0 Å². The molecule has 0 spiro atoms. The van der Waals surface area contributed by atoms with Crippen molar-refractivity contribution in [1.82, 2.24) is 15.5 Å². The smallest absolute Gasteiger partial charge is 0.259 e. The lowest BCUT2D eigenvalue weighted by atomic mass is 10.1. The van der Waals surface area contributed by atoms with Gasteiger partial charge >= 0.3 is 0 Å². The van der Waals surface area contributed by atoms with E-state index in [-0.39, 0.29) is 24.1 Å². The van der Waals surface area contributed by atoms with E-state index in [1.165, 1.54) is 16.7 Å². The summed E-state index contributed by atoms with van der Waals surface area (Å²) in [5, 5.41) is 5.90. The Morgan fingerprint density at radius 2 is 1.85 bits per heavy atom. The van der Waals surface area contributed by atoms with Crippen molar-refractivity contribution in [2.75, 3.05) is 26.8 Å². The lowest BCUT2D eigenvalue weighted by Gasteiger charge is -2.27. The van der Waals surface area contributed by atoms with E-state index in [2.05, 4.69) is 10.6 Å². The highest BCUT2D eigenvalue weighted by Crippen LogP contribution is 2.35. The van der Waals surface area contributed by atoms with Crippen molar-refractivity contribution in [3.63, 3.8) is 0 Å². The fourth-order valence-corrected chi connectivity index (χ4v) is 5.45. The van der Waals surface area contributed by atoms with E-state index in [1.54, 1.807) is 7.11 Å². The summed E-state index contributed by atoms with van der Waals surface area (Å²) in [4.78, 5) is 49.9. The van der Waals surface area contributed by atoms with E-state index < -0.39 is 11.3 Å². The molecule has 0 saturated heterocycles. The maximum absolute atomic E-state index is 13.5. The van der Waals surface area contributed by atoms with Crippen molar-refractivity contribution < 1.29 is 19.1 Å². The number of rotatable bonds is 13. The highest BCUT2D eigenvalue weighted by molar-refractivity contribution is 8.15. The zero-order chi connectivity index (χ0) is 27.6. The fourth-order valence-electron chi connectivity index (χ4n) is 4.41. The Hall–Kier alpha value is -3.50. The molecular weight excluding hydrogens is 514 g/mol. The molecular formula is C29H35N5O4S. The van der Waals surface area contributed by atoms with E-state index in [1.807, 2.05) is 61.5 Å². The predicted octanol–water partition coefficient (Wildman–Crippen LogP) is 3.45. The summed E-state index contributed by atoms with van der Waals surface area (Å²) < 4.78 is 5.05. The molecule has 0 bridgehead atoms. The molecule has 9 nitrogen and oxygen atoms in total. The van der Waals surface area contributed by atoms with E-state index in [9.17, 15) is 14.4 Å². The molecule has 2 aliphatic heterocycles. The maximum Gasteiger partial charge on any atom is 0.259 e. The molecule has 2 heterocycles. The van der Waals surface area contributed by atoms with Crippen LogP contribution in [0.25, 0.3) is 0 Å². The molecule has 2 atom stereocenters. The number of hydrogen-bond acceptors (Lipinski definition) is 7. The number of ether oxygens (including phenoxy) is 1. The third-order valence-electron chi connectivity index (χ3n) is 6.51. The van der Waals surface area contributed by atoms with Crippen molar-refractivity contribution >= 4 is 46.2 Å². The molecule has 0 aromatic heterocycles. The van der Waals surface area contributed by atoms with Crippen LogP contribution in [0, 0.1) is 0 Å². The second-order valence-corrected chi connectivity index (χ2v) is 10.5. The number of nitrogens with one attached hydrogen (secondary N) is 2. The average molecular weight is 550 g/mol. The molecule has 39 heavy (non-hydrogen) atoms. The SMILES string of the molecule is CC[C@@H](SC1=Nc2ccccc2C2=N[C@H](CCC(=O)NCCc3ccccc3)C(=O)N12)C(=O)NCCCOC. The topological polar surface area (TPSA) is 112 Å². The van der Waals surface area contributed by atoms with Gasteiger partial charge in [0.1, 0.15) is 11.9 Å². The molecule has 0 fully saturated rings. The second kappa shape index (κ2) is 14.0. The van der Waals surface area contributed by atoms with Crippen LogP contribution in [0.5, 0.6) is 0 Å². The van der Waals surface area contributed by atoms with Crippen LogP contribution in [-0.2, 0) is 25.5 Å². The normalized spacial score (nSPS) is 16.6. The number of methoxy groups -OCH3 is 1. The van der Waals surface area contributed by atoms with Crippen LogP contribution in [0.1, 0.15) is 43.7 Å². The van der Waals surface area contributed by atoms with Crippen molar-refractivity contribution in [3.05, 3.63) is 65.7 Å². The number of thioether (sulfide) groups is 1. The number of nitrogens with zero attached hydrogens (tertiary/aromatic N) is 3. The van der Waals surface area contributed by atoms with Crippen LogP contribution in [0.15, 0.2) is 64.6 Å². The van der Waals surface area contributed by atoms with Gasteiger partial charge in [-0.25, -0.2) is 9.89 Å². The summed E-state index contributed by atoms with van der Waals surface area (Å²) in [5.41, 5.74) is 2.63. The van der Waals surface area contributed by atoms with Crippen LogP contribution >= 0.6 is 11.8 Å². The van der Waals surface area contributed by atoms with Gasteiger partial charge in [-0.3, -0.25) is 19.4 Å². The lowest BCUT2D eigenvalue weighted by molar-refractivity contribution is -0.125. The lowest BCUT2D eigenvalue weighted by Crippen LogP contribution is -2.43. The van der Waals surface area contributed by atoms with Crippen LogP contribution < -0.4 is 10.6 Å². The number of fused-ring (bicyclic) bond motifs is 3. The van der Waals surface area contributed by atoms with Gasteiger partial charge in [0, 0.05) is 38.8 Å². The number of amides is 3. The van der Waals surface area contributed by atoms with Crippen LogP contribution in [0.4, 0.5) is 5.69 Å². The molecule has 3 amide bonds. The predicted molar refractivity (Wildman–Crippen MR) is 154 cm³/mol. The monoisotopic (exact) mass is 549 g/mol. The van der Waals surface area contributed by atoms with E-state index in [0.717, 1.165) is 24.0 Å². The number of hydrogen-bond donors (Lipinski definition) is 2. The van der Waals surface area contributed by atoms with E-state index in [4.69, 9.17) is 14.7 Å². The first-order valence-electron chi connectivity index (χ1n) is 13.4. The molecule has 0 aliphatic carbocycles. The fraction of sp³-hybridized carbons (Fsp3) is 0.414. The second-order valence-electron chi connectivity index (χ2n) is 9.33. The van der Waals surface area contributed by atoms with Gasteiger partial charge in [0.2, 0.25) is 11.8 Å². The maximum atomic E-state index is 13.5. The third-order valence-corrected chi connectivity index (χ3v) is 7.82. The molecule has 2 aromatic carbocycles. The number of para-hydroxylation sites is 1. The zero-order valence-corrected chi connectivity index (χ0v) is 23.2. The van der Waals surface area contributed by atoms with Gasteiger partial charge in [0.05, 0.1) is 10.9 Å². The Kier molecular flexibility index (Phi) is 10.3. The first-order valence-corrected chi connectivity index (χ1v) is 14.2. The third kappa shape index (κ3) is 7.33. The number of aliphatic imine (C=N–C) groups is 2. The Morgan fingerprint density at radius 1 is 1.08 bits per heavy atom. The minimum atomic E-state index is -0.681. The Bertz CT molecular complexity index is 1230. The van der Waals surface area contributed by atoms with Crippen LogP contribution in [0.3, 0.4) is 0 Å². The molecule has 0 unspecified atom stereocenters. The first-order chi connectivity index (χ1) is 19.0. The quantitative estimate of drug-likeness (QED) is 0.372. The average Bonchev–Trinajstić information content (AvgIpc) is 3.29. The first kappa shape index (κ1) is 28.5. The number of benzene rings is 2. The highest BCUT2D eigenvalue weighted by Gasteiger charge is 2.42. The summed E-state index contributed by atoms with van der Waals surface area (Å²) in [6.45, 7) is 3.56. The summed E-state index contributed by atoms with van der Waals surface area (Å²) in [5.74, 6) is 0.0915. The highest BCUT2D eigenvalue weighted by atomic mass is 32.2. The summed E-state index contributed by atoms with van der Waals surface area (Å²) in [7, 11) is 1.63. The van der Waals surface area contributed by atoms with Gasteiger partial charge < -0.3 is 15.4 Å². The van der Waals surface area contributed by atoms with Gasteiger partial charge in [-0.05, 0) is 43.4 Å². The standard InChI is InChI=1S/C29H35N5O4S/c1-3-24(27(36)31-17-9-19-38-2)39-29-33-22-13-8-7-12-21(22)26-32-23(28(37)34(26)29)14-15-25(35)30-18-16-20-10-5-4-6-11-20/h4-8,10-13,23-24H,3,9,14-19H2,1-2H3,(H,30,35)(H,31,36)/t23-,24-/m1/s1. The van der Waals surface area contributed by atoms with Gasteiger partial charge in [0.15, 0.2) is 5.17 Å². The Morgan fingerprint density at radius 3 is 2.62 bits per heavy atom. The minimum Gasteiger partial charge on any atom is -0.385 e. The minimum absolute atomic E-state index is 0.103. The number of amidine groups is 2. The van der Waals surface area contributed by atoms with Crippen molar-refractivity contribution in [2.45, 2.75) is 50.3 Å². The van der Waals surface area contributed by atoms with Gasteiger partial charge in [-0.1, -0.05) is 61.2 Å². The van der Waals surface area contributed by atoms with Crippen molar-refractivity contribution in [3.8, 4) is 0 Å². The molecule has 2 N–H and O–H groups in total. The van der Waals surface area contributed by atoms with Crippen LogP contribution in [0.2, 0.25) is 0 Å². The zero-order valence-electron chi connectivity index (χ0n) is 22.4. The Labute approximate surface area is 233 Å². The Balaban J connectivity index is 1.40. The van der Waals surface area contributed by atoms with E-state index in [0.29, 0.717) is 49.2 Å². The summed E-state index contributed by atoms with van der Waals surface area (Å²) >= 11 is 1.27. The largest absolute Gasteiger partial charge is 0.385 e. The molecule has 206 valence electrons. The molecule has 2 aliphatic rings. The molecule has 10 heteroatoms.